The Labute approximate surface area is 414 Å². The van der Waals surface area contributed by atoms with Gasteiger partial charge in [0.1, 0.15) is 6.61 Å². The molecule has 2 aromatic rings. The first-order valence-electron chi connectivity index (χ1n) is 22.7. The molecule has 0 aromatic heterocycles. The highest BCUT2D eigenvalue weighted by Gasteiger charge is 2.48. The summed E-state index contributed by atoms with van der Waals surface area (Å²) in [7, 11) is -10.4. The molecule has 5 rings (SSSR count). The number of hydrogen-bond donors (Lipinski definition) is 3. The molecule has 0 saturated carbocycles. The van der Waals surface area contributed by atoms with Gasteiger partial charge in [-0.2, -0.15) is 29.8 Å². The zero-order valence-corrected chi connectivity index (χ0v) is 42.5. The maximum Gasteiger partial charge on any atom is 0.335 e. The van der Waals surface area contributed by atoms with E-state index in [1.165, 1.54) is 24.3 Å². The summed E-state index contributed by atoms with van der Waals surface area (Å²) in [6.07, 6.45) is 13.0. The number of amides is 2. The summed E-state index contributed by atoms with van der Waals surface area (Å²) in [5, 5.41) is 0.475. The van der Waals surface area contributed by atoms with E-state index in [1.807, 2.05) is 35.5 Å². The van der Waals surface area contributed by atoms with Crippen molar-refractivity contribution in [1.82, 2.24) is 5.06 Å². The lowest BCUT2D eigenvalue weighted by molar-refractivity contribution is -0.442. The van der Waals surface area contributed by atoms with Crippen molar-refractivity contribution in [2.75, 3.05) is 90.8 Å². The summed E-state index contributed by atoms with van der Waals surface area (Å²) in [6, 6.07) is 8.64. The van der Waals surface area contributed by atoms with E-state index in [0.717, 1.165) is 5.70 Å². The van der Waals surface area contributed by atoms with Crippen LogP contribution in [0.15, 0.2) is 94.4 Å². The smallest absolute Gasteiger partial charge is 0.335 e. The van der Waals surface area contributed by atoms with Gasteiger partial charge in [-0.05, 0) is 75.1 Å². The maximum absolute atomic E-state index is 12.3. The lowest BCUT2D eigenvalue weighted by Crippen LogP contribution is -2.32. The topological polar surface area (TPSA) is 279 Å². The molecule has 2 aromatic carbocycles. The fourth-order valence-electron chi connectivity index (χ4n) is 8.63. The maximum atomic E-state index is 12.3. The first-order valence-corrected chi connectivity index (χ1v) is 27.2. The highest BCUT2D eigenvalue weighted by atomic mass is 32.2. The number of methoxy groups -OCH3 is 2. The van der Waals surface area contributed by atoms with Crippen molar-refractivity contribution >= 4 is 65.2 Å². The van der Waals surface area contributed by atoms with Gasteiger partial charge in [0.2, 0.25) is 5.69 Å². The minimum absolute atomic E-state index is 0.0135. The van der Waals surface area contributed by atoms with Crippen molar-refractivity contribution < 1.29 is 86.4 Å². The quantitative estimate of drug-likeness (QED) is 0.0337. The molecule has 2 amide bonds. The van der Waals surface area contributed by atoms with E-state index in [1.54, 1.807) is 56.7 Å². The van der Waals surface area contributed by atoms with Crippen LogP contribution < -0.4 is 4.90 Å². The Kier molecular flexibility index (Phi) is 20.1. The van der Waals surface area contributed by atoms with Gasteiger partial charge in [-0.1, -0.05) is 30.4 Å². The zero-order valence-electron chi connectivity index (χ0n) is 40.1. The zero-order chi connectivity index (χ0) is 52.0. The highest BCUT2D eigenvalue weighted by molar-refractivity contribution is 7.86. The normalized spacial score (nSPS) is 20.2. The number of hydrogen-bond acceptors (Lipinski definition) is 16. The monoisotopic (exact) mass is 1050 g/mol. The first kappa shape index (κ1) is 56.9. The number of benzene rings is 2. The molecule has 0 aliphatic carbocycles. The minimum Gasteiger partial charge on any atom is -0.385 e. The van der Waals surface area contributed by atoms with E-state index in [0.29, 0.717) is 72.6 Å². The van der Waals surface area contributed by atoms with Crippen LogP contribution in [0.5, 0.6) is 0 Å². The molecule has 0 spiro atoms. The molecule has 0 radical (unpaired) electrons. The largest absolute Gasteiger partial charge is 0.385 e. The van der Waals surface area contributed by atoms with Gasteiger partial charge in [-0.15, -0.1) is 5.06 Å². The Balaban J connectivity index is 1.36. The van der Waals surface area contributed by atoms with Crippen LogP contribution in [0.3, 0.4) is 0 Å². The lowest BCUT2D eigenvalue weighted by atomic mass is 9.76. The van der Waals surface area contributed by atoms with E-state index in [-0.39, 0.29) is 74.9 Å². The SMILES string of the molecule is COCCOCC[N+]1=C(/C=C/C=C/C=C/C=C2/N(CCOCCOCCC(=O)ON3C(=O)CCC3=O)c3ccc(S(=O)(=O)O)cc3C2(C)CCOC)C(C)(CCCS(=O)(=O)O)c2cc(S(=O)(=O)O)ccc21. The summed E-state index contributed by atoms with van der Waals surface area (Å²) >= 11 is 0. The molecule has 2 atom stereocenters. The number of carbonyl (C=O) groups is 3. The van der Waals surface area contributed by atoms with Gasteiger partial charge in [0.05, 0.1) is 67.0 Å². The van der Waals surface area contributed by atoms with Crippen LogP contribution in [0, 0.1) is 0 Å². The van der Waals surface area contributed by atoms with Gasteiger partial charge in [0.15, 0.2) is 12.3 Å². The van der Waals surface area contributed by atoms with Crippen molar-refractivity contribution in [2.24, 2.45) is 0 Å². The van der Waals surface area contributed by atoms with Crippen LogP contribution in [0.1, 0.15) is 63.5 Å². The molecule has 0 bridgehead atoms. The van der Waals surface area contributed by atoms with Crippen LogP contribution >= 0.6 is 0 Å². The molecule has 3 heterocycles. The Bertz CT molecular complexity index is 2750. The van der Waals surface area contributed by atoms with Crippen LogP contribution in [-0.2, 0) is 84.1 Å². The summed E-state index contributed by atoms with van der Waals surface area (Å²) in [5.41, 5.74) is 2.17. The highest BCUT2D eigenvalue weighted by Crippen LogP contribution is 2.51. The average Bonchev–Trinajstić information content (AvgIpc) is 3.83. The molecule has 1 fully saturated rings. The van der Waals surface area contributed by atoms with E-state index < -0.39 is 64.7 Å². The number of allylic oxidation sites excluding steroid dienone is 8. The molecule has 2 unspecified atom stereocenters. The number of rotatable bonds is 29. The number of imide groups is 1. The second-order valence-corrected chi connectivity index (χ2v) is 21.5. The van der Waals surface area contributed by atoms with Gasteiger partial charge in [-0.3, -0.25) is 23.2 Å². The van der Waals surface area contributed by atoms with Crippen LogP contribution in [0.4, 0.5) is 11.4 Å². The fourth-order valence-corrected chi connectivity index (χ4v) is 10.2. The number of fused-ring (bicyclic) bond motifs is 2. The van der Waals surface area contributed by atoms with Crippen molar-refractivity contribution in [2.45, 2.75) is 73.0 Å². The van der Waals surface area contributed by atoms with Gasteiger partial charge in [-0.25, -0.2) is 4.79 Å². The summed E-state index contributed by atoms with van der Waals surface area (Å²) in [4.78, 5) is 41.7. The molecular formula is C47H62N3O18S3+. The Morgan fingerprint density at radius 3 is 1.94 bits per heavy atom. The predicted octanol–water partition coefficient (Wildman–Crippen LogP) is 4.26. The molecule has 24 heteroatoms. The molecule has 71 heavy (non-hydrogen) atoms. The number of anilines is 1. The fraction of sp³-hybridized carbons (Fsp3) is 0.489. The van der Waals surface area contributed by atoms with Crippen molar-refractivity contribution in [3.05, 3.63) is 95.8 Å². The third-order valence-corrected chi connectivity index (χ3v) is 14.7. The molecule has 3 aliphatic rings. The lowest BCUT2D eigenvalue weighted by Gasteiger charge is -2.30. The van der Waals surface area contributed by atoms with Crippen LogP contribution in [0.2, 0.25) is 0 Å². The van der Waals surface area contributed by atoms with E-state index in [2.05, 4.69) is 0 Å². The van der Waals surface area contributed by atoms with Crippen molar-refractivity contribution in [1.29, 1.82) is 0 Å². The van der Waals surface area contributed by atoms with Gasteiger partial charge < -0.3 is 33.4 Å². The Morgan fingerprint density at radius 2 is 1.30 bits per heavy atom. The summed E-state index contributed by atoms with van der Waals surface area (Å²) in [6.45, 7) is 6.11. The number of hydroxylamine groups is 2. The van der Waals surface area contributed by atoms with E-state index >= 15 is 0 Å². The van der Waals surface area contributed by atoms with Crippen molar-refractivity contribution in [3.8, 4) is 0 Å². The molecular weight excluding hydrogens is 991 g/mol. The average molecular weight is 1050 g/mol. The summed E-state index contributed by atoms with van der Waals surface area (Å²) in [5.74, 6) is -2.47. The predicted molar refractivity (Wildman–Crippen MR) is 258 cm³/mol. The third-order valence-electron chi connectivity index (χ3n) is 12.2. The second kappa shape index (κ2) is 25.1. The first-order chi connectivity index (χ1) is 33.5. The minimum atomic E-state index is -4.60. The van der Waals surface area contributed by atoms with Gasteiger partial charge in [0, 0.05) is 74.7 Å². The molecule has 3 aliphatic heterocycles. The van der Waals surface area contributed by atoms with Crippen LogP contribution in [0.25, 0.3) is 0 Å². The standard InChI is InChI=1S/C47H61N3O18S3/c1-46(20-10-32-69(54,55)56)37-33-35(70(57,58)59)13-15-39(37)48(22-26-66-29-28-64-4)41(46)11-8-6-5-7-9-12-42-47(2,21-25-63-3)38-34-36(71(60,61)62)14-16-40(38)49(42)23-27-67-31-30-65-24-19-45(53)68-50-43(51)17-18-44(50)52/h5-9,11-16,33-34H,10,17-32H2,1-4H3,(H2-,54,55,56,57,58,59,60,61,62)/p+1. The van der Waals surface area contributed by atoms with Gasteiger partial charge in [0.25, 0.3) is 42.2 Å². The molecule has 3 N–H and O–H groups in total. The van der Waals surface area contributed by atoms with E-state index in [4.69, 9.17) is 28.5 Å². The van der Waals surface area contributed by atoms with Crippen molar-refractivity contribution in [3.63, 3.8) is 0 Å². The number of ether oxygens (including phenoxy) is 5. The Morgan fingerprint density at radius 1 is 0.704 bits per heavy atom. The number of nitrogens with zero attached hydrogens (tertiary/aromatic N) is 3. The number of carbonyl (C=O) groups excluding carboxylic acids is 3. The second-order valence-electron chi connectivity index (χ2n) is 17.1. The Hall–Kier alpha value is -4.99. The van der Waals surface area contributed by atoms with E-state index in [9.17, 15) is 53.3 Å². The molecule has 390 valence electrons. The molecule has 21 nitrogen and oxygen atoms in total. The van der Waals surface area contributed by atoms with Crippen LogP contribution in [-0.4, -0.2) is 158 Å². The summed E-state index contributed by atoms with van der Waals surface area (Å²) < 4.78 is 132. The third kappa shape index (κ3) is 15.0. The molecule has 1 saturated heterocycles. The van der Waals surface area contributed by atoms with Gasteiger partial charge >= 0.3 is 5.97 Å².